The summed E-state index contributed by atoms with van der Waals surface area (Å²) in [7, 11) is 0. The van der Waals surface area contributed by atoms with Crippen molar-refractivity contribution in [1.82, 2.24) is 15.1 Å². The minimum atomic E-state index is -0.437. The average molecular weight is 545 g/mol. The molecule has 1 unspecified atom stereocenters. The van der Waals surface area contributed by atoms with Crippen LogP contribution in [-0.2, 0) is 11.3 Å². The van der Waals surface area contributed by atoms with E-state index < -0.39 is 6.04 Å². The van der Waals surface area contributed by atoms with Crippen LogP contribution in [0.15, 0.2) is 29.6 Å². The van der Waals surface area contributed by atoms with E-state index in [0.29, 0.717) is 42.1 Å². The van der Waals surface area contributed by atoms with Crippen LogP contribution in [-0.4, -0.2) is 59.9 Å². The summed E-state index contributed by atoms with van der Waals surface area (Å²) in [4.78, 5) is 34.9. The third-order valence-corrected chi connectivity index (χ3v) is 9.85. The number of carbonyl (C=O) groups excluding carboxylic acids is 2. The van der Waals surface area contributed by atoms with Gasteiger partial charge in [0.1, 0.15) is 6.04 Å². The molecule has 8 heteroatoms. The van der Waals surface area contributed by atoms with Gasteiger partial charge in [-0.15, -0.1) is 22.7 Å². The van der Waals surface area contributed by atoms with Crippen molar-refractivity contribution in [2.24, 2.45) is 23.5 Å². The van der Waals surface area contributed by atoms with Crippen molar-refractivity contribution >= 4 is 34.5 Å². The van der Waals surface area contributed by atoms with Crippen molar-refractivity contribution in [3.05, 3.63) is 44.3 Å². The van der Waals surface area contributed by atoms with Crippen molar-refractivity contribution in [3.8, 4) is 0 Å². The molecular weight excluding hydrogens is 500 g/mol. The molecule has 2 atom stereocenters. The first-order chi connectivity index (χ1) is 17.8. The molecule has 1 aliphatic carbocycles. The molecule has 0 aromatic carbocycles. The lowest BCUT2D eigenvalue weighted by molar-refractivity contribution is -0.128. The Morgan fingerprint density at radius 1 is 1.14 bits per heavy atom. The number of rotatable bonds is 10. The number of hydrogen-bond donors (Lipinski definition) is 2. The summed E-state index contributed by atoms with van der Waals surface area (Å²) in [5, 5.41) is 5.19. The van der Waals surface area contributed by atoms with E-state index in [0.717, 1.165) is 51.7 Å². The largest absolute Gasteiger partial charge is 0.354 e. The summed E-state index contributed by atoms with van der Waals surface area (Å²) in [5.41, 5.74) is 5.86. The van der Waals surface area contributed by atoms with Crippen LogP contribution in [0.25, 0.3) is 0 Å². The fourth-order valence-electron chi connectivity index (χ4n) is 5.93. The average Bonchev–Trinajstić information content (AvgIpc) is 3.58. The highest BCUT2D eigenvalue weighted by molar-refractivity contribution is 7.12. The van der Waals surface area contributed by atoms with Crippen LogP contribution < -0.4 is 11.1 Å². The molecule has 2 aliphatic rings. The number of amides is 2. The van der Waals surface area contributed by atoms with E-state index in [4.69, 9.17) is 5.73 Å². The standard InChI is InChI=1S/C29H44N4O2S2/c1-20(2)18-32(19-25-11-6-21(3)37-25)24-12-13-33(29(35)27-5-4-14-36-27)26(15-24)28(34)31-17-23-9-7-22(16-30)8-10-23/h4-6,11,14,20,22-24,26H,7-10,12-13,15-19,30H2,1-3H3,(H,31,34)/t22?,23?,24?,26-/m1/s1. The monoisotopic (exact) mass is 544 g/mol. The van der Waals surface area contributed by atoms with Gasteiger partial charge in [-0.1, -0.05) is 19.9 Å². The smallest absolute Gasteiger partial charge is 0.264 e. The number of nitrogens with one attached hydrogen (secondary N) is 1. The molecule has 0 spiro atoms. The first kappa shape index (κ1) is 28.3. The van der Waals surface area contributed by atoms with Crippen LogP contribution in [0, 0.1) is 24.7 Å². The predicted molar refractivity (Wildman–Crippen MR) is 154 cm³/mol. The molecule has 2 amide bonds. The van der Waals surface area contributed by atoms with Gasteiger partial charge in [0.15, 0.2) is 0 Å². The Kier molecular flexibility index (Phi) is 10.2. The van der Waals surface area contributed by atoms with Gasteiger partial charge in [0.25, 0.3) is 5.91 Å². The van der Waals surface area contributed by atoms with Crippen LogP contribution in [0.3, 0.4) is 0 Å². The van der Waals surface area contributed by atoms with Crippen LogP contribution in [0.2, 0.25) is 0 Å². The first-order valence-corrected chi connectivity index (χ1v) is 15.6. The number of piperidine rings is 1. The molecule has 3 heterocycles. The highest BCUT2D eigenvalue weighted by Crippen LogP contribution is 2.30. The van der Waals surface area contributed by atoms with E-state index in [1.807, 2.05) is 33.7 Å². The summed E-state index contributed by atoms with van der Waals surface area (Å²) < 4.78 is 0. The Labute approximate surface area is 230 Å². The van der Waals surface area contributed by atoms with E-state index >= 15 is 0 Å². The fourth-order valence-corrected chi connectivity index (χ4v) is 7.52. The Bertz CT molecular complexity index is 997. The molecule has 6 nitrogen and oxygen atoms in total. The van der Waals surface area contributed by atoms with Gasteiger partial charge in [-0.05, 0) is 93.3 Å². The minimum Gasteiger partial charge on any atom is -0.354 e. The third kappa shape index (κ3) is 7.65. The van der Waals surface area contributed by atoms with E-state index in [1.54, 1.807) is 0 Å². The summed E-state index contributed by atoms with van der Waals surface area (Å²) in [5.74, 6) is 1.66. The second-order valence-electron chi connectivity index (χ2n) is 11.4. The lowest BCUT2D eigenvalue weighted by Gasteiger charge is -2.43. The van der Waals surface area contributed by atoms with Gasteiger partial charge in [0.05, 0.1) is 4.88 Å². The summed E-state index contributed by atoms with van der Waals surface area (Å²) in [6, 6.07) is 8.03. The number of aryl methyl sites for hydroxylation is 1. The number of likely N-dealkylation sites (tertiary alicyclic amines) is 1. The number of thiophene rings is 2. The second-order valence-corrected chi connectivity index (χ2v) is 13.7. The lowest BCUT2D eigenvalue weighted by atomic mass is 9.82. The molecule has 2 aromatic heterocycles. The molecule has 4 rings (SSSR count). The van der Waals surface area contributed by atoms with Crippen molar-refractivity contribution in [2.45, 2.75) is 77.9 Å². The number of nitrogens with two attached hydrogens (primary N) is 1. The fraction of sp³-hybridized carbons (Fsp3) is 0.655. The van der Waals surface area contributed by atoms with Gasteiger partial charge < -0.3 is 16.0 Å². The Morgan fingerprint density at radius 3 is 2.51 bits per heavy atom. The van der Waals surface area contributed by atoms with Crippen LogP contribution in [0.4, 0.5) is 0 Å². The number of hydrogen-bond acceptors (Lipinski definition) is 6. The summed E-state index contributed by atoms with van der Waals surface area (Å²) >= 11 is 3.31. The lowest BCUT2D eigenvalue weighted by Crippen LogP contribution is -2.57. The van der Waals surface area contributed by atoms with Gasteiger partial charge >= 0.3 is 0 Å². The zero-order valence-electron chi connectivity index (χ0n) is 22.7. The summed E-state index contributed by atoms with van der Waals surface area (Å²) in [6.45, 7) is 10.6. The molecule has 2 aromatic rings. The van der Waals surface area contributed by atoms with E-state index in [1.165, 1.54) is 21.1 Å². The predicted octanol–water partition coefficient (Wildman–Crippen LogP) is 5.13. The van der Waals surface area contributed by atoms with Crippen molar-refractivity contribution in [1.29, 1.82) is 0 Å². The molecule has 1 aliphatic heterocycles. The molecule has 1 saturated carbocycles. The Hall–Kier alpha value is -1.74. The van der Waals surface area contributed by atoms with Crippen LogP contribution in [0.1, 0.15) is 71.8 Å². The zero-order valence-corrected chi connectivity index (χ0v) is 24.3. The maximum absolute atomic E-state index is 13.7. The SMILES string of the molecule is Cc1ccc(CN(CC(C)C)C2CCN(C(=O)c3cccs3)[C@@H](C(=O)NCC3CCC(CN)CC3)C2)s1. The molecule has 37 heavy (non-hydrogen) atoms. The van der Waals surface area contributed by atoms with Gasteiger partial charge in [-0.25, -0.2) is 0 Å². The van der Waals surface area contributed by atoms with Crippen molar-refractivity contribution < 1.29 is 9.59 Å². The zero-order chi connectivity index (χ0) is 26.4. The van der Waals surface area contributed by atoms with Gasteiger partial charge in [-0.3, -0.25) is 14.5 Å². The highest BCUT2D eigenvalue weighted by atomic mass is 32.1. The quantitative estimate of drug-likeness (QED) is 0.435. The van der Waals surface area contributed by atoms with Gasteiger partial charge in [0, 0.05) is 42.0 Å². The van der Waals surface area contributed by atoms with Gasteiger partial charge in [-0.2, -0.15) is 0 Å². The molecule has 204 valence electrons. The van der Waals surface area contributed by atoms with Crippen LogP contribution >= 0.6 is 22.7 Å². The first-order valence-electron chi connectivity index (χ1n) is 14.0. The highest BCUT2D eigenvalue weighted by Gasteiger charge is 2.39. The topological polar surface area (TPSA) is 78.7 Å². The molecule has 3 N–H and O–H groups in total. The molecule has 0 radical (unpaired) electrons. The molecule has 2 fully saturated rings. The number of nitrogens with zero attached hydrogens (tertiary/aromatic N) is 2. The molecule has 1 saturated heterocycles. The maximum atomic E-state index is 13.7. The summed E-state index contributed by atoms with van der Waals surface area (Å²) in [6.07, 6.45) is 6.11. The van der Waals surface area contributed by atoms with Crippen molar-refractivity contribution in [3.63, 3.8) is 0 Å². The third-order valence-electron chi connectivity index (χ3n) is 8.01. The maximum Gasteiger partial charge on any atom is 0.264 e. The normalized spacial score (nSPS) is 24.5. The van der Waals surface area contributed by atoms with Crippen molar-refractivity contribution in [2.75, 3.05) is 26.2 Å². The minimum absolute atomic E-state index is 0.00650. The van der Waals surface area contributed by atoms with E-state index in [-0.39, 0.29) is 17.9 Å². The molecular formula is C29H44N4O2S2. The van der Waals surface area contributed by atoms with Gasteiger partial charge in [0.2, 0.25) is 5.91 Å². The Balaban J connectivity index is 1.47. The Morgan fingerprint density at radius 2 is 1.89 bits per heavy atom. The van der Waals surface area contributed by atoms with Crippen LogP contribution in [0.5, 0.6) is 0 Å². The van der Waals surface area contributed by atoms with E-state index in [9.17, 15) is 9.59 Å². The second kappa shape index (κ2) is 13.4. The van der Waals surface area contributed by atoms with E-state index in [2.05, 4.69) is 43.1 Å². The molecule has 0 bridgehead atoms. The number of carbonyl (C=O) groups is 2.